The zero-order valence-electron chi connectivity index (χ0n) is 12.2. The molecule has 1 fully saturated rings. The molecule has 106 valence electrons. The molecule has 1 saturated carbocycles. The van der Waals surface area contributed by atoms with Gasteiger partial charge in [0.25, 0.3) is 0 Å². The lowest BCUT2D eigenvalue weighted by Gasteiger charge is -2.30. The van der Waals surface area contributed by atoms with E-state index in [0.29, 0.717) is 18.7 Å². The molecule has 0 bridgehead atoms. The molecule has 0 radical (unpaired) electrons. The van der Waals surface area contributed by atoms with Crippen molar-refractivity contribution in [3.8, 4) is 0 Å². The van der Waals surface area contributed by atoms with E-state index in [0.717, 1.165) is 25.7 Å². The van der Waals surface area contributed by atoms with Gasteiger partial charge in [-0.05, 0) is 46.0 Å². The Labute approximate surface area is 112 Å². The van der Waals surface area contributed by atoms with Crippen molar-refractivity contribution in [3.05, 3.63) is 0 Å². The van der Waals surface area contributed by atoms with Crippen molar-refractivity contribution in [2.75, 3.05) is 6.61 Å². The number of carbonyl (C=O) groups is 1. The van der Waals surface area contributed by atoms with Crippen LogP contribution in [0.15, 0.2) is 0 Å². The van der Waals surface area contributed by atoms with E-state index in [1.165, 1.54) is 19.3 Å². The van der Waals surface area contributed by atoms with Gasteiger partial charge in [-0.3, -0.25) is 4.79 Å². The third-order valence-electron chi connectivity index (χ3n) is 3.86. The van der Waals surface area contributed by atoms with Crippen LogP contribution in [-0.4, -0.2) is 24.7 Å². The Balaban J connectivity index is 2.20. The van der Waals surface area contributed by atoms with E-state index >= 15 is 0 Å². The number of hydrogen-bond donors (Lipinski definition) is 1. The number of rotatable bonds is 7. The smallest absolute Gasteiger partial charge is 0.308 e. The fourth-order valence-corrected chi connectivity index (χ4v) is 2.75. The van der Waals surface area contributed by atoms with E-state index in [-0.39, 0.29) is 11.9 Å². The summed E-state index contributed by atoms with van der Waals surface area (Å²) >= 11 is 0. The minimum absolute atomic E-state index is 0.00924. The molecular formula is C15H29NO2. The minimum Gasteiger partial charge on any atom is -0.466 e. The van der Waals surface area contributed by atoms with Crippen LogP contribution >= 0.6 is 0 Å². The lowest BCUT2D eigenvalue weighted by Crippen LogP contribution is -2.40. The van der Waals surface area contributed by atoms with Gasteiger partial charge in [0.1, 0.15) is 0 Å². The normalized spacial score (nSPS) is 25.7. The van der Waals surface area contributed by atoms with Gasteiger partial charge in [0.2, 0.25) is 0 Å². The van der Waals surface area contributed by atoms with Crippen LogP contribution in [0.25, 0.3) is 0 Å². The SMILES string of the molecule is CCCCC(C)NC1CCC(C(=O)OCC)CC1. The molecule has 0 amide bonds. The lowest BCUT2D eigenvalue weighted by molar-refractivity contribution is -0.149. The number of ether oxygens (including phenoxy) is 1. The number of hydrogen-bond acceptors (Lipinski definition) is 3. The number of unbranched alkanes of at least 4 members (excludes halogenated alkanes) is 1. The van der Waals surface area contributed by atoms with Crippen LogP contribution < -0.4 is 5.32 Å². The van der Waals surface area contributed by atoms with Crippen LogP contribution in [0.4, 0.5) is 0 Å². The van der Waals surface area contributed by atoms with E-state index < -0.39 is 0 Å². The molecule has 18 heavy (non-hydrogen) atoms. The Morgan fingerprint density at radius 1 is 1.28 bits per heavy atom. The van der Waals surface area contributed by atoms with Gasteiger partial charge in [-0.25, -0.2) is 0 Å². The molecular weight excluding hydrogens is 226 g/mol. The average Bonchev–Trinajstić information content (AvgIpc) is 2.37. The average molecular weight is 255 g/mol. The van der Waals surface area contributed by atoms with Gasteiger partial charge in [-0.1, -0.05) is 19.8 Å². The van der Waals surface area contributed by atoms with Crippen LogP contribution in [0.3, 0.4) is 0 Å². The van der Waals surface area contributed by atoms with Crippen molar-refractivity contribution in [2.45, 2.75) is 77.8 Å². The Hall–Kier alpha value is -0.570. The predicted molar refractivity (Wildman–Crippen MR) is 74.5 cm³/mol. The molecule has 1 atom stereocenters. The first-order valence-corrected chi connectivity index (χ1v) is 7.60. The van der Waals surface area contributed by atoms with Crippen molar-refractivity contribution >= 4 is 5.97 Å². The molecule has 0 aromatic heterocycles. The van der Waals surface area contributed by atoms with Crippen LogP contribution in [0, 0.1) is 5.92 Å². The quantitative estimate of drug-likeness (QED) is 0.710. The van der Waals surface area contributed by atoms with E-state index in [9.17, 15) is 4.79 Å². The van der Waals surface area contributed by atoms with Crippen molar-refractivity contribution in [3.63, 3.8) is 0 Å². The number of carbonyl (C=O) groups excluding carboxylic acids is 1. The Morgan fingerprint density at radius 2 is 1.94 bits per heavy atom. The van der Waals surface area contributed by atoms with Gasteiger partial charge in [-0.15, -0.1) is 0 Å². The molecule has 0 saturated heterocycles. The van der Waals surface area contributed by atoms with Gasteiger partial charge < -0.3 is 10.1 Å². The second-order valence-corrected chi connectivity index (χ2v) is 5.51. The van der Waals surface area contributed by atoms with Crippen molar-refractivity contribution in [1.29, 1.82) is 0 Å². The summed E-state index contributed by atoms with van der Waals surface area (Å²) in [6, 6.07) is 1.21. The fourth-order valence-electron chi connectivity index (χ4n) is 2.75. The molecule has 1 unspecified atom stereocenters. The summed E-state index contributed by atoms with van der Waals surface area (Å²) in [5.74, 6) is 0.156. The number of esters is 1. The van der Waals surface area contributed by atoms with Crippen LogP contribution in [0.1, 0.15) is 65.7 Å². The molecule has 1 rings (SSSR count). The summed E-state index contributed by atoms with van der Waals surface area (Å²) in [5, 5.41) is 3.69. The van der Waals surface area contributed by atoms with Crippen LogP contribution in [0.2, 0.25) is 0 Å². The van der Waals surface area contributed by atoms with E-state index in [1.807, 2.05) is 6.92 Å². The Morgan fingerprint density at radius 3 is 2.50 bits per heavy atom. The highest BCUT2D eigenvalue weighted by molar-refractivity contribution is 5.72. The zero-order chi connectivity index (χ0) is 13.4. The molecule has 3 nitrogen and oxygen atoms in total. The maximum atomic E-state index is 11.6. The molecule has 0 aromatic carbocycles. The van der Waals surface area contributed by atoms with Gasteiger partial charge in [0, 0.05) is 12.1 Å². The summed E-state index contributed by atoms with van der Waals surface area (Å²) in [4.78, 5) is 11.6. The fraction of sp³-hybridized carbons (Fsp3) is 0.933. The van der Waals surface area contributed by atoms with Gasteiger partial charge in [-0.2, -0.15) is 0 Å². The lowest BCUT2D eigenvalue weighted by atomic mass is 9.85. The first-order valence-electron chi connectivity index (χ1n) is 7.60. The minimum atomic E-state index is 0.00924. The summed E-state index contributed by atoms with van der Waals surface area (Å²) in [6.07, 6.45) is 8.01. The summed E-state index contributed by atoms with van der Waals surface area (Å²) in [6.45, 7) is 6.88. The largest absolute Gasteiger partial charge is 0.466 e. The highest BCUT2D eigenvalue weighted by Gasteiger charge is 2.27. The molecule has 0 aromatic rings. The van der Waals surface area contributed by atoms with Crippen molar-refractivity contribution in [2.24, 2.45) is 5.92 Å². The maximum absolute atomic E-state index is 11.6. The van der Waals surface area contributed by atoms with Crippen LogP contribution in [-0.2, 0) is 9.53 Å². The summed E-state index contributed by atoms with van der Waals surface area (Å²) in [7, 11) is 0. The van der Waals surface area contributed by atoms with Crippen LogP contribution in [0.5, 0.6) is 0 Å². The third-order valence-corrected chi connectivity index (χ3v) is 3.86. The summed E-state index contributed by atoms with van der Waals surface area (Å²) < 4.78 is 5.09. The molecule has 3 heteroatoms. The number of nitrogens with one attached hydrogen (secondary N) is 1. The highest BCUT2D eigenvalue weighted by Crippen LogP contribution is 2.25. The van der Waals surface area contributed by atoms with Crippen molar-refractivity contribution in [1.82, 2.24) is 5.32 Å². The molecule has 1 aliphatic rings. The second kappa shape index (κ2) is 8.52. The Bertz CT molecular complexity index is 235. The topological polar surface area (TPSA) is 38.3 Å². The molecule has 0 spiro atoms. The first-order chi connectivity index (χ1) is 8.67. The van der Waals surface area contributed by atoms with Gasteiger partial charge >= 0.3 is 5.97 Å². The third kappa shape index (κ3) is 5.38. The van der Waals surface area contributed by atoms with Crippen molar-refractivity contribution < 1.29 is 9.53 Å². The van der Waals surface area contributed by atoms with E-state index in [4.69, 9.17) is 4.74 Å². The zero-order valence-corrected chi connectivity index (χ0v) is 12.2. The molecule has 0 aliphatic heterocycles. The standard InChI is InChI=1S/C15H29NO2/c1-4-6-7-12(3)16-14-10-8-13(9-11-14)15(17)18-5-2/h12-14,16H,4-11H2,1-3H3. The van der Waals surface area contributed by atoms with E-state index in [1.54, 1.807) is 0 Å². The van der Waals surface area contributed by atoms with E-state index in [2.05, 4.69) is 19.2 Å². The summed E-state index contributed by atoms with van der Waals surface area (Å²) in [5.41, 5.74) is 0. The highest BCUT2D eigenvalue weighted by atomic mass is 16.5. The monoisotopic (exact) mass is 255 g/mol. The molecule has 0 heterocycles. The maximum Gasteiger partial charge on any atom is 0.308 e. The van der Waals surface area contributed by atoms with Gasteiger partial charge in [0.15, 0.2) is 0 Å². The molecule has 1 aliphatic carbocycles. The second-order valence-electron chi connectivity index (χ2n) is 5.51. The van der Waals surface area contributed by atoms with Gasteiger partial charge in [0.05, 0.1) is 12.5 Å². The Kier molecular flexibility index (Phi) is 7.33. The predicted octanol–water partition coefficient (Wildman–Crippen LogP) is 3.28. The molecule has 1 N–H and O–H groups in total. The first kappa shape index (κ1) is 15.5.